The maximum absolute atomic E-state index is 13.3. The Labute approximate surface area is 145 Å². The number of carbonyl (C=O) groups is 1. The fourth-order valence-corrected chi connectivity index (χ4v) is 3.31. The molecule has 1 aromatic rings. The van der Waals surface area contributed by atoms with E-state index >= 15 is 0 Å². The van der Waals surface area contributed by atoms with Gasteiger partial charge in [-0.3, -0.25) is 4.79 Å². The van der Waals surface area contributed by atoms with Crippen molar-refractivity contribution in [2.75, 3.05) is 31.6 Å². The van der Waals surface area contributed by atoms with E-state index < -0.39 is 33.0 Å². The van der Waals surface area contributed by atoms with E-state index in [1.807, 2.05) is 0 Å². The van der Waals surface area contributed by atoms with E-state index in [1.165, 1.54) is 11.0 Å². The summed E-state index contributed by atoms with van der Waals surface area (Å²) in [6, 6.07) is 3.42. The van der Waals surface area contributed by atoms with E-state index in [2.05, 4.69) is 5.32 Å². The van der Waals surface area contributed by atoms with Gasteiger partial charge in [-0.2, -0.15) is 0 Å². The Bertz CT molecular complexity index is 742. The van der Waals surface area contributed by atoms with Crippen molar-refractivity contribution in [3.05, 3.63) is 35.4 Å². The van der Waals surface area contributed by atoms with Crippen molar-refractivity contribution in [3.63, 3.8) is 0 Å². The molecule has 140 valence electrons. The Hall–Kier alpha value is -1.58. The zero-order valence-electron chi connectivity index (χ0n) is 14.0. The fraction of sp³-hybridized carbons (Fsp3) is 0.562. The molecule has 6 nitrogen and oxygen atoms in total. The van der Waals surface area contributed by atoms with E-state index in [4.69, 9.17) is 0 Å². The Morgan fingerprint density at radius 3 is 2.68 bits per heavy atom. The van der Waals surface area contributed by atoms with Gasteiger partial charge in [0.15, 0.2) is 17.2 Å². The number of hydrogen-bond acceptors (Lipinski definition) is 5. The number of hydrogen-bond donors (Lipinski definition) is 2. The molecule has 1 fully saturated rings. The average molecular weight is 376 g/mol. The SMILES string of the molecule is CS(=O)(=O)CCNC[C@@]1(O)CCCN(Cc2ccc(F)c(F)c2)C1=O. The predicted octanol–water partition coefficient (Wildman–Crippen LogP) is 0.452. The topological polar surface area (TPSA) is 86.7 Å². The van der Waals surface area contributed by atoms with Crippen LogP contribution in [0.1, 0.15) is 18.4 Å². The van der Waals surface area contributed by atoms with Gasteiger partial charge in [0.2, 0.25) is 0 Å². The number of benzene rings is 1. The molecule has 0 radical (unpaired) electrons. The molecule has 2 N–H and O–H groups in total. The monoisotopic (exact) mass is 376 g/mol. The Balaban J connectivity index is 1.97. The highest BCUT2D eigenvalue weighted by Crippen LogP contribution is 2.24. The third-order valence-corrected chi connectivity index (χ3v) is 5.07. The molecule has 0 saturated carbocycles. The minimum Gasteiger partial charge on any atom is -0.379 e. The van der Waals surface area contributed by atoms with Crippen LogP contribution in [0.3, 0.4) is 0 Å². The molecule has 1 aliphatic heterocycles. The zero-order chi connectivity index (χ0) is 18.7. The van der Waals surface area contributed by atoms with Gasteiger partial charge in [0.05, 0.1) is 5.75 Å². The van der Waals surface area contributed by atoms with Gasteiger partial charge in [-0.1, -0.05) is 6.07 Å². The first-order valence-electron chi connectivity index (χ1n) is 7.95. The van der Waals surface area contributed by atoms with Gasteiger partial charge in [0.1, 0.15) is 9.84 Å². The number of halogens is 2. The Kier molecular flexibility index (Phi) is 6.12. The van der Waals surface area contributed by atoms with E-state index in [1.54, 1.807) is 0 Å². The third kappa shape index (κ3) is 5.45. The van der Waals surface area contributed by atoms with Gasteiger partial charge in [0, 0.05) is 32.4 Å². The molecule has 1 heterocycles. The molecule has 0 aliphatic carbocycles. The summed E-state index contributed by atoms with van der Waals surface area (Å²) in [5.74, 6) is -2.54. The minimum atomic E-state index is -3.13. The van der Waals surface area contributed by atoms with Crippen molar-refractivity contribution in [2.24, 2.45) is 0 Å². The van der Waals surface area contributed by atoms with Crippen molar-refractivity contribution in [1.82, 2.24) is 10.2 Å². The van der Waals surface area contributed by atoms with Crippen LogP contribution in [0.4, 0.5) is 8.78 Å². The summed E-state index contributed by atoms with van der Waals surface area (Å²) < 4.78 is 48.5. The lowest BCUT2D eigenvalue weighted by Gasteiger charge is -2.38. The number of carbonyl (C=O) groups excluding carboxylic acids is 1. The molecule has 0 bridgehead atoms. The first kappa shape index (κ1) is 19.7. The summed E-state index contributed by atoms with van der Waals surface area (Å²) in [6.07, 6.45) is 1.92. The van der Waals surface area contributed by atoms with Gasteiger partial charge < -0.3 is 15.3 Å². The highest BCUT2D eigenvalue weighted by atomic mass is 32.2. The number of aliphatic hydroxyl groups is 1. The summed E-state index contributed by atoms with van der Waals surface area (Å²) >= 11 is 0. The molecule has 2 rings (SSSR count). The molecule has 1 atom stereocenters. The largest absolute Gasteiger partial charge is 0.379 e. The lowest BCUT2D eigenvalue weighted by atomic mass is 9.91. The molecule has 1 aliphatic rings. The van der Waals surface area contributed by atoms with Crippen molar-refractivity contribution in [3.8, 4) is 0 Å². The summed E-state index contributed by atoms with van der Waals surface area (Å²) in [5.41, 5.74) is -1.20. The zero-order valence-corrected chi connectivity index (χ0v) is 14.8. The maximum Gasteiger partial charge on any atom is 0.256 e. The first-order chi connectivity index (χ1) is 11.6. The van der Waals surface area contributed by atoms with E-state index in [0.29, 0.717) is 18.5 Å². The van der Waals surface area contributed by atoms with Crippen LogP contribution in [0.15, 0.2) is 18.2 Å². The number of nitrogens with one attached hydrogen (secondary N) is 1. The molecule has 25 heavy (non-hydrogen) atoms. The van der Waals surface area contributed by atoms with Gasteiger partial charge in [-0.15, -0.1) is 0 Å². The van der Waals surface area contributed by atoms with Crippen LogP contribution in [0.25, 0.3) is 0 Å². The van der Waals surface area contributed by atoms with Crippen LogP contribution >= 0.6 is 0 Å². The molecular formula is C16H22F2N2O4S. The van der Waals surface area contributed by atoms with Crippen molar-refractivity contribution in [1.29, 1.82) is 0 Å². The smallest absolute Gasteiger partial charge is 0.256 e. The van der Waals surface area contributed by atoms with E-state index in [0.717, 1.165) is 18.4 Å². The van der Waals surface area contributed by atoms with Gasteiger partial charge in [0.25, 0.3) is 5.91 Å². The van der Waals surface area contributed by atoms with Crippen molar-refractivity contribution >= 4 is 15.7 Å². The van der Waals surface area contributed by atoms with Gasteiger partial charge in [-0.25, -0.2) is 17.2 Å². The summed E-state index contributed by atoms with van der Waals surface area (Å²) in [7, 11) is -3.13. The van der Waals surface area contributed by atoms with Crippen LogP contribution in [0.2, 0.25) is 0 Å². The molecule has 0 spiro atoms. The van der Waals surface area contributed by atoms with Crippen molar-refractivity contribution < 1.29 is 27.1 Å². The average Bonchev–Trinajstić information content (AvgIpc) is 2.51. The maximum atomic E-state index is 13.3. The molecule has 9 heteroatoms. The molecule has 1 saturated heterocycles. The lowest BCUT2D eigenvalue weighted by Crippen LogP contribution is -2.58. The Morgan fingerprint density at radius 1 is 1.32 bits per heavy atom. The second-order valence-corrected chi connectivity index (χ2v) is 8.68. The number of piperidine rings is 1. The second-order valence-electron chi connectivity index (χ2n) is 6.42. The van der Waals surface area contributed by atoms with E-state index in [9.17, 15) is 27.1 Å². The predicted molar refractivity (Wildman–Crippen MR) is 88.5 cm³/mol. The summed E-state index contributed by atoms with van der Waals surface area (Å²) in [6.45, 7) is 0.554. The molecular weight excluding hydrogens is 354 g/mol. The standard InChI is InChI=1S/C16H22F2N2O4S/c1-25(23,24)8-6-19-11-16(22)5-2-7-20(15(16)21)10-12-3-4-13(17)14(18)9-12/h3-4,9,19,22H,2,5-8,10-11H2,1H3/t16-/m0/s1. The van der Waals surface area contributed by atoms with Gasteiger partial charge in [-0.05, 0) is 30.5 Å². The molecule has 0 aromatic heterocycles. The van der Waals surface area contributed by atoms with Gasteiger partial charge >= 0.3 is 0 Å². The second kappa shape index (κ2) is 7.76. The van der Waals surface area contributed by atoms with Crippen LogP contribution in [-0.4, -0.2) is 61.6 Å². The number of nitrogens with zero attached hydrogens (tertiary/aromatic N) is 1. The Morgan fingerprint density at radius 2 is 2.04 bits per heavy atom. The highest BCUT2D eigenvalue weighted by Gasteiger charge is 2.41. The third-order valence-electron chi connectivity index (χ3n) is 4.13. The number of likely N-dealkylation sites (tertiary alicyclic amines) is 1. The van der Waals surface area contributed by atoms with Crippen molar-refractivity contribution in [2.45, 2.75) is 25.0 Å². The normalized spacial score (nSPS) is 21.6. The molecule has 0 unspecified atom stereocenters. The number of amides is 1. The number of sulfone groups is 1. The highest BCUT2D eigenvalue weighted by molar-refractivity contribution is 7.90. The van der Waals surface area contributed by atoms with Crippen LogP contribution in [0.5, 0.6) is 0 Å². The van der Waals surface area contributed by atoms with Crippen LogP contribution in [0, 0.1) is 11.6 Å². The summed E-state index contributed by atoms with van der Waals surface area (Å²) in [5, 5.41) is 13.4. The van der Waals surface area contributed by atoms with Crippen LogP contribution in [-0.2, 0) is 21.2 Å². The van der Waals surface area contributed by atoms with Crippen LogP contribution < -0.4 is 5.32 Å². The summed E-state index contributed by atoms with van der Waals surface area (Å²) in [4.78, 5) is 13.9. The molecule has 1 amide bonds. The quantitative estimate of drug-likeness (QED) is 0.675. The number of rotatable bonds is 7. The first-order valence-corrected chi connectivity index (χ1v) is 10.0. The van der Waals surface area contributed by atoms with E-state index in [-0.39, 0.29) is 31.8 Å². The minimum absolute atomic E-state index is 0.0599. The fourth-order valence-electron chi connectivity index (χ4n) is 2.79. The molecule has 1 aromatic carbocycles. The lowest BCUT2D eigenvalue weighted by molar-refractivity contribution is -0.157.